The quantitative estimate of drug-likeness (QED) is 0.899. The summed E-state index contributed by atoms with van der Waals surface area (Å²) >= 11 is 0. The lowest BCUT2D eigenvalue weighted by Crippen LogP contribution is -2.47. The molecule has 6 nitrogen and oxygen atoms in total. The number of nitrogens with zero attached hydrogens (tertiary/aromatic N) is 5. The van der Waals surface area contributed by atoms with Crippen molar-refractivity contribution in [2.75, 3.05) is 43.4 Å². The maximum Gasteiger partial charge on any atom is 0.128 e. The highest BCUT2D eigenvalue weighted by Crippen LogP contribution is 2.14. The van der Waals surface area contributed by atoms with Gasteiger partial charge in [-0.1, -0.05) is 0 Å². The number of anilines is 2. The molecule has 0 saturated carbocycles. The van der Waals surface area contributed by atoms with Gasteiger partial charge < -0.3 is 10.6 Å². The van der Waals surface area contributed by atoms with Crippen molar-refractivity contribution in [1.82, 2.24) is 19.7 Å². The van der Waals surface area contributed by atoms with Crippen molar-refractivity contribution in [2.24, 2.45) is 7.05 Å². The maximum absolute atomic E-state index is 5.68. The normalized spacial score (nSPS) is 16.3. The van der Waals surface area contributed by atoms with Gasteiger partial charge in [-0.15, -0.1) is 0 Å². The number of hydrogen-bond donors (Lipinski definition) is 1. The van der Waals surface area contributed by atoms with E-state index in [2.05, 4.69) is 26.1 Å². The standard InChI is InChI=1S/C15H22N6/c1-19-12-13(10-18-19)4-5-20-6-8-21(9-7-20)15-3-2-14(16)11-17-15/h2-3,10-12H,4-9,16H2,1H3. The Bertz CT molecular complexity index is 568. The first-order valence-electron chi connectivity index (χ1n) is 7.37. The van der Waals surface area contributed by atoms with Crippen LogP contribution in [0.25, 0.3) is 0 Å². The summed E-state index contributed by atoms with van der Waals surface area (Å²) in [6.07, 6.45) is 6.83. The fraction of sp³-hybridized carbons (Fsp3) is 0.467. The molecule has 0 unspecified atom stereocenters. The van der Waals surface area contributed by atoms with Gasteiger partial charge in [0.2, 0.25) is 0 Å². The van der Waals surface area contributed by atoms with Crippen LogP contribution in [0.3, 0.4) is 0 Å². The van der Waals surface area contributed by atoms with E-state index in [0.29, 0.717) is 5.69 Å². The van der Waals surface area contributed by atoms with Gasteiger partial charge >= 0.3 is 0 Å². The highest BCUT2D eigenvalue weighted by molar-refractivity contribution is 5.46. The zero-order valence-electron chi connectivity index (χ0n) is 12.4. The lowest BCUT2D eigenvalue weighted by molar-refractivity contribution is 0.260. The molecular formula is C15H22N6. The Hall–Kier alpha value is -2.08. The third-order valence-electron chi connectivity index (χ3n) is 3.94. The summed E-state index contributed by atoms with van der Waals surface area (Å²) in [4.78, 5) is 9.21. The third-order valence-corrected chi connectivity index (χ3v) is 3.94. The van der Waals surface area contributed by atoms with Gasteiger partial charge in [0.25, 0.3) is 0 Å². The van der Waals surface area contributed by atoms with E-state index in [0.717, 1.165) is 45.0 Å². The minimum absolute atomic E-state index is 0.717. The minimum atomic E-state index is 0.717. The van der Waals surface area contributed by atoms with E-state index in [1.165, 1.54) is 5.56 Å². The Morgan fingerprint density at radius 2 is 1.95 bits per heavy atom. The van der Waals surface area contributed by atoms with Crippen LogP contribution < -0.4 is 10.6 Å². The summed E-state index contributed by atoms with van der Waals surface area (Å²) in [5.74, 6) is 1.02. The molecule has 1 aliphatic heterocycles. The van der Waals surface area contributed by atoms with E-state index in [4.69, 9.17) is 5.73 Å². The second-order valence-corrected chi connectivity index (χ2v) is 5.55. The number of aromatic nitrogens is 3. The summed E-state index contributed by atoms with van der Waals surface area (Å²) < 4.78 is 1.86. The van der Waals surface area contributed by atoms with Gasteiger partial charge in [-0.3, -0.25) is 9.58 Å². The van der Waals surface area contributed by atoms with E-state index in [1.54, 1.807) is 6.20 Å². The SMILES string of the molecule is Cn1cc(CCN2CCN(c3ccc(N)cn3)CC2)cn1. The summed E-state index contributed by atoms with van der Waals surface area (Å²) in [5.41, 5.74) is 7.70. The van der Waals surface area contributed by atoms with Crippen molar-refractivity contribution in [3.63, 3.8) is 0 Å². The second kappa shape index (κ2) is 6.13. The average Bonchev–Trinajstić information content (AvgIpc) is 2.92. The molecule has 1 fully saturated rings. The predicted octanol–water partition coefficient (Wildman–Crippen LogP) is 0.762. The van der Waals surface area contributed by atoms with E-state index in [1.807, 2.05) is 30.1 Å². The summed E-state index contributed by atoms with van der Waals surface area (Å²) in [5, 5.41) is 4.21. The van der Waals surface area contributed by atoms with Crippen LogP contribution in [0.4, 0.5) is 11.5 Å². The van der Waals surface area contributed by atoms with Crippen molar-refractivity contribution < 1.29 is 0 Å². The smallest absolute Gasteiger partial charge is 0.128 e. The molecule has 1 aliphatic rings. The zero-order chi connectivity index (χ0) is 14.7. The molecule has 0 bridgehead atoms. The van der Waals surface area contributed by atoms with E-state index < -0.39 is 0 Å². The summed E-state index contributed by atoms with van der Waals surface area (Å²) in [6.45, 7) is 5.28. The first kappa shape index (κ1) is 13.9. The zero-order valence-corrected chi connectivity index (χ0v) is 12.4. The molecule has 0 aromatic carbocycles. The highest BCUT2D eigenvalue weighted by Gasteiger charge is 2.17. The van der Waals surface area contributed by atoms with Gasteiger partial charge in [0.15, 0.2) is 0 Å². The average molecular weight is 286 g/mol. The Morgan fingerprint density at radius 3 is 2.57 bits per heavy atom. The number of nitrogen functional groups attached to an aromatic ring is 1. The second-order valence-electron chi connectivity index (χ2n) is 5.55. The fourth-order valence-corrected chi connectivity index (χ4v) is 2.67. The molecule has 3 heterocycles. The molecule has 0 amide bonds. The minimum Gasteiger partial charge on any atom is -0.397 e. The molecule has 2 aromatic rings. The van der Waals surface area contributed by atoms with E-state index >= 15 is 0 Å². The van der Waals surface area contributed by atoms with Crippen molar-refractivity contribution in [3.8, 4) is 0 Å². The fourth-order valence-electron chi connectivity index (χ4n) is 2.67. The molecule has 2 N–H and O–H groups in total. The van der Waals surface area contributed by atoms with Gasteiger partial charge in [-0.2, -0.15) is 5.10 Å². The number of hydrogen-bond acceptors (Lipinski definition) is 5. The van der Waals surface area contributed by atoms with Gasteiger partial charge in [-0.25, -0.2) is 4.98 Å². The number of piperazine rings is 1. The maximum atomic E-state index is 5.68. The van der Waals surface area contributed by atoms with Gasteiger partial charge in [0.05, 0.1) is 18.1 Å². The van der Waals surface area contributed by atoms with Crippen molar-refractivity contribution in [1.29, 1.82) is 0 Å². The molecule has 1 saturated heterocycles. The van der Waals surface area contributed by atoms with Crippen molar-refractivity contribution >= 4 is 11.5 Å². The van der Waals surface area contributed by atoms with Crippen LogP contribution in [0.15, 0.2) is 30.7 Å². The van der Waals surface area contributed by atoms with Gasteiger partial charge in [-0.05, 0) is 24.1 Å². The Balaban J connectivity index is 1.47. The number of nitrogens with two attached hydrogens (primary N) is 1. The lowest BCUT2D eigenvalue weighted by Gasteiger charge is -2.35. The number of rotatable bonds is 4. The van der Waals surface area contributed by atoms with Crippen LogP contribution in [-0.2, 0) is 13.5 Å². The number of aryl methyl sites for hydroxylation is 1. The first-order chi connectivity index (χ1) is 10.2. The van der Waals surface area contributed by atoms with Crippen LogP contribution in [-0.4, -0.2) is 52.4 Å². The molecule has 0 atom stereocenters. The summed E-state index contributed by atoms with van der Waals surface area (Å²) in [6, 6.07) is 3.91. The molecule has 21 heavy (non-hydrogen) atoms. The molecule has 112 valence electrons. The van der Waals surface area contributed by atoms with Crippen molar-refractivity contribution in [3.05, 3.63) is 36.3 Å². The Labute approximate surface area is 125 Å². The van der Waals surface area contributed by atoms with Crippen molar-refractivity contribution in [2.45, 2.75) is 6.42 Å². The van der Waals surface area contributed by atoms with Crippen LogP contribution in [0, 0.1) is 0 Å². The Kier molecular flexibility index (Phi) is 4.06. The van der Waals surface area contributed by atoms with Crippen LogP contribution in [0.1, 0.15) is 5.56 Å². The van der Waals surface area contributed by atoms with Crippen LogP contribution in [0.5, 0.6) is 0 Å². The molecule has 0 aliphatic carbocycles. The van der Waals surface area contributed by atoms with E-state index in [9.17, 15) is 0 Å². The highest BCUT2D eigenvalue weighted by atomic mass is 15.3. The topological polar surface area (TPSA) is 63.2 Å². The predicted molar refractivity (Wildman–Crippen MR) is 84.2 cm³/mol. The van der Waals surface area contributed by atoms with E-state index in [-0.39, 0.29) is 0 Å². The first-order valence-corrected chi connectivity index (χ1v) is 7.37. The lowest BCUT2D eigenvalue weighted by atomic mass is 10.2. The largest absolute Gasteiger partial charge is 0.397 e. The molecule has 3 rings (SSSR count). The summed E-state index contributed by atoms with van der Waals surface area (Å²) in [7, 11) is 1.96. The molecule has 2 aromatic heterocycles. The molecular weight excluding hydrogens is 264 g/mol. The monoisotopic (exact) mass is 286 g/mol. The van der Waals surface area contributed by atoms with Crippen LogP contribution >= 0.6 is 0 Å². The van der Waals surface area contributed by atoms with Crippen LogP contribution in [0.2, 0.25) is 0 Å². The van der Waals surface area contributed by atoms with Gasteiger partial charge in [0, 0.05) is 46.0 Å². The molecule has 6 heteroatoms. The molecule has 0 radical (unpaired) electrons. The van der Waals surface area contributed by atoms with Gasteiger partial charge in [0.1, 0.15) is 5.82 Å². The Morgan fingerprint density at radius 1 is 1.14 bits per heavy atom. The third kappa shape index (κ3) is 3.52. The molecule has 0 spiro atoms. The number of pyridine rings is 1.